The monoisotopic (exact) mass is 352 g/mol. The molecule has 3 rings (SSSR count). The van der Waals surface area contributed by atoms with Crippen molar-refractivity contribution in [2.75, 3.05) is 0 Å². The van der Waals surface area contributed by atoms with Gasteiger partial charge in [0.15, 0.2) is 9.04 Å². The van der Waals surface area contributed by atoms with Gasteiger partial charge in [0, 0.05) is 35.9 Å². The highest BCUT2D eigenvalue weighted by atomic mass is 28.3. The predicted molar refractivity (Wildman–Crippen MR) is 108 cm³/mol. The number of pyridine rings is 1. The van der Waals surface area contributed by atoms with Crippen LogP contribution in [-0.4, -0.2) is 18.6 Å². The molecule has 0 bridgehead atoms. The molecule has 0 aliphatic heterocycles. The summed E-state index contributed by atoms with van der Waals surface area (Å²) in [7, 11) is 0.942. The second-order valence-electron chi connectivity index (χ2n) is 8.04. The molecule has 0 radical (unpaired) electrons. The second-order valence-corrected chi connectivity index (χ2v) is 10.4. The average Bonchev–Trinajstić information content (AvgIpc) is 2.89. The number of hydrogen-bond acceptors (Lipinski definition) is 2. The summed E-state index contributed by atoms with van der Waals surface area (Å²) in [6, 6.07) is 12.9. The van der Waals surface area contributed by atoms with Crippen LogP contribution in [0.5, 0.6) is 0 Å². The van der Waals surface area contributed by atoms with Crippen molar-refractivity contribution in [1.82, 2.24) is 9.55 Å². The van der Waals surface area contributed by atoms with Gasteiger partial charge in [-0.05, 0) is 42.3 Å². The zero-order valence-electron chi connectivity index (χ0n) is 16.1. The normalized spacial score (nSPS) is 13.6. The Labute approximate surface area is 152 Å². The Balaban J connectivity index is 2.19. The first-order valence-electron chi connectivity index (χ1n) is 8.93. The molecule has 2 aromatic heterocycles. The lowest BCUT2D eigenvalue weighted by Gasteiger charge is -2.34. The summed E-state index contributed by atoms with van der Waals surface area (Å²) in [4.78, 5) is 4.42. The van der Waals surface area contributed by atoms with Gasteiger partial charge in [-0.3, -0.25) is 4.98 Å². The Bertz CT molecular complexity index is 877. The summed E-state index contributed by atoms with van der Waals surface area (Å²) < 4.78 is 8.73. The molecule has 0 amide bonds. The van der Waals surface area contributed by atoms with Gasteiger partial charge in [0.05, 0.1) is 11.8 Å². The maximum atomic E-state index is 6.48. The Kier molecular flexibility index (Phi) is 4.85. The smallest absolute Gasteiger partial charge is 0.171 e. The van der Waals surface area contributed by atoms with Gasteiger partial charge >= 0.3 is 0 Å². The first-order chi connectivity index (χ1) is 11.8. The molecule has 0 fully saturated rings. The van der Waals surface area contributed by atoms with Crippen LogP contribution in [0.4, 0.5) is 0 Å². The molecule has 2 heterocycles. The molecule has 3 nitrogen and oxygen atoms in total. The van der Waals surface area contributed by atoms with E-state index in [9.17, 15) is 0 Å². The zero-order valence-corrected chi connectivity index (χ0v) is 17.2. The molecule has 1 aromatic carbocycles. The number of para-hydroxylation sites is 1. The summed E-state index contributed by atoms with van der Waals surface area (Å²) in [6.07, 6.45) is 3.93. The first-order valence-corrected chi connectivity index (χ1v) is 11.7. The van der Waals surface area contributed by atoms with E-state index in [1.54, 1.807) is 0 Å². The largest absolute Gasteiger partial charge is 0.413 e. The Hall–Kier alpha value is -1.91. The Morgan fingerprint density at radius 2 is 1.84 bits per heavy atom. The van der Waals surface area contributed by atoms with Gasteiger partial charge < -0.3 is 8.99 Å². The molecule has 0 aliphatic rings. The lowest BCUT2D eigenvalue weighted by molar-refractivity contribution is 0.0870. The van der Waals surface area contributed by atoms with Gasteiger partial charge in [0.2, 0.25) is 0 Å². The fourth-order valence-corrected chi connectivity index (χ4v) is 4.51. The molecule has 0 saturated carbocycles. The summed E-state index contributed by atoms with van der Waals surface area (Å²) >= 11 is 0. The van der Waals surface area contributed by atoms with E-state index in [1.165, 1.54) is 22.2 Å². The van der Waals surface area contributed by atoms with Crippen molar-refractivity contribution < 1.29 is 4.43 Å². The molecule has 0 spiro atoms. The van der Waals surface area contributed by atoms with Crippen molar-refractivity contribution in [3.8, 4) is 11.3 Å². The van der Waals surface area contributed by atoms with E-state index in [0.29, 0.717) is 0 Å². The number of nitrogens with zero attached hydrogens (tertiary/aromatic N) is 2. The van der Waals surface area contributed by atoms with Gasteiger partial charge in [-0.2, -0.15) is 0 Å². The van der Waals surface area contributed by atoms with Crippen molar-refractivity contribution in [1.29, 1.82) is 0 Å². The maximum absolute atomic E-state index is 6.48. The van der Waals surface area contributed by atoms with Crippen LogP contribution in [0.25, 0.3) is 22.2 Å². The molecule has 132 valence electrons. The topological polar surface area (TPSA) is 27.1 Å². The predicted octanol–water partition coefficient (Wildman–Crippen LogP) is 5.33. The lowest BCUT2D eigenvalue weighted by atomic mass is 9.83. The summed E-state index contributed by atoms with van der Waals surface area (Å²) in [5.41, 5.74) is 4.84. The van der Waals surface area contributed by atoms with Gasteiger partial charge in [-0.1, -0.05) is 39.0 Å². The fourth-order valence-electron chi connectivity index (χ4n) is 3.41. The number of benzene rings is 1. The second kappa shape index (κ2) is 6.77. The third-order valence-corrected chi connectivity index (χ3v) is 5.38. The quantitative estimate of drug-likeness (QED) is 0.594. The third-order valence-electron chi connectivity index (χ3n) is 4.56. The van der Waals surface area contributed by atoms with Crippen LogP contribution < -0.4 is 0 Å². The van der Waals surface area contributed by atoms with Crippen LogP contribution in [-0.2, 0) is 11.5 Å². The molecule has 0 aliphatic carbocycles. The van der Waals surface area contributed by atoms with Gasteiger partial charge in [-0.15, -0.1) is 0 Å². The van der Waals surface area contributed by atoms with Crippen molar-refractivity contribution in [2.24, 2.45) is 12.5 Å². The number of aromatic nitrogens is 2. The maximum Gasteiger partial charge on any atom is 0.171 e. The van der Waals surface area contributed by atoms with Crippen molar-refractivity contribution in [2.45, 2.75) is 40.0 Å². The Morgan fingerprint density at radius 3 is 2.48 bits per heavy atom. The fraction of sp³-hybridized carbons (Fsp3) is 0.381. The molecule has 4 heteroatoms. The van der Waals surface area contributed by atoms with E-state index in [0.717, 1.165) is 5.56 Å². The molecule has 1 atom stereocenters. The van der Waals surface area contributed by atoms with Gasteiger partial charge in [-0.25, -0.2) is 0 Å². The minimum Gasteiger partial charge on any atom is -0.413 e. The molecule has 3 aromatic rings. The lowest BCUT2D eigenvalue weighted by Crippen LogP contribution is -2.26. The highest BCUT2D eigenvalue weighted by molar-refractivity contribution is 6.48. The first kappa shape index (κ1) is 17.9. The average molecular weight is 353 g/mol. The van der Waals surface area contributed by atoms with Crippen LogP contribution in [0, 0.1) is 5.41 Å². The van der Waals surface area contributed by atoms with Gasteiger partial charge in [0.25, 0.3) is 0 Å². The molecule has 0 saturated heterocycles. The van der Waals surface area contributed by atoms with E-state index in [1.807, 2.05) is 12.4 Å². The summed E-state index contributed by atoms with van der Waals surface area (Å²) in [5, 5.41) is 1.25. The van der Waals surface area contributed by atoms with Gasteiger partial charge in [0.1, 0.15) is 0 Å². The van der Waals surface area contributed by atoms with Crippen LogP contribution in [0.1, 0.15) is 32.4 Å². The van der Waals surface area contributed by atoms with Crippen LogP contribution in [0.3, 0.4) is 0 Å². The van der Waals surface area contributed by atoms with Crippen molar-refractivity contribution in [3.63, 3.8) is 0 Å². The molecular weight excluding hydrogens is 324 g/mol. The highest BCUT2D eigenvalue weighted by Gasteiger charge is 2.30. The van der Waals surface area contributed by atoms with Crippen molar-refractivity contribution in [3.05, 3.63) is 54.4 Å². The number of hydrogen-bond donors (Lipinski definition) is 0. The van der Waals surface area contributed by atoms with Crippen LogP contribution in [0.2, 0.25) is 13.1 Å². The summed E-state index contributed by atoms with van der Waals surface area (Å²) in [5.74, 6) is 0. The minimum atomic E-state index is -1.18. The standard InChI is InChI=1S/C21H28N2OSi/c1-21(2,3)20(24-25(5)6)16-11-12-22-14-17(16)19-13-15-9-7-8-10-18(15)23(19)4/h7-14,20,25H,1-6H3. The zero-order chi connectivity index (χ0) is 18.2. The minimum absolute atomic E-state index is 0.0258. The molecule has 1 unspecified atom stereocenters. The summed E-state index contributed by atoms with van der Waals surface area (Å²) in [6.45, 7) is 11.2. The van der Waals surface area contributed by atoms with E-state index in [2.05, 4.69) is 86.9 Å². The van der Waals surface area contributed by atoms with Crippen molar-refractivity contribution >= 4 is 19.9 Å². The molecule has 25 heavy (non-hydrogen) atoms. The Morgan fingerprint density at radius 1 is 1.12 bits per heavy atom. The number of rotatable bonds is 4. The molecule has 0 N–H and O–H groups in total. The number of fused-ring (bicyclic) bond motifs is 1. The highest BCUT2D eigenvalue weighted by Crippen LogP contribution is 2.41. The van der Waals surface area contributed by atoms with E-state index in [-0.39, 0.29) is 11.5 Å². The molecular formula is C21H28N2OSi. The SMILES string of the molecule is Cn1c(-c2cnccc2C(O[SiH](C)C)C(C)(C)C)cc2ccccc21. The van der Waals surface area contributed by atoms with E-state index < -0.39 is 9.04 Å². The van der Waals surface area contributed by atoms with Crippen LogP contribution in [0.15, 0.2) is 48.8 Å². The van der Waals surface area contributed by atoms with E-state index >= 15 is 0 Å². The van der Waals surface area contributed by atoms with E-state index in [4.69, 9.17) is 4.43 Å². The third kappa shape index (κ3) is 3.55. The van der Waals surface area contributed by atoms with Crippen LogP contribution >= 0.6 is 0 Å². The number of aryl methyl sites for hydroxylation is 1.